The SMILES string of the molecule is CN(CCCN)C[C@H]1O[C@@H](n2c(-c3ccccc3)nc3c(N)ncnc32)[C@H](O)[C@@H]1O.O=S(=O)(O)O. The maximum absolute atomic E-state index is 10.9. The van der Waals surface area contributed by atoms with Crippen LogP contribution in [0.4, 0.5) is 5.82 Å². The Balaban J connectivity index is 0.000000623. The normalized spacial score (nSPS) is 22.4. The maximum Gasteiger partial charge on any atom is 0.394 e. The number of anilines is 1. The van der Waals surface area contributed by atoms with Crippen LogP contribution in [-0.2, 0) is 15.1 Å². The maximum atomic E-state index is 10.9. The van der Waals surface area contributed by atoms with Gasteiger partial charge < -0.3 is 31.3 Å². The first-order valence-electron chi connectivity index (χ1n) is 10.6. The molecule has 1 saturated heterocycles. The van der Waals surface area contributed by atoms with E-state index in [0.29, 0.717) is 30.1 Å². The molecule has 2 aromatic heterocycles. The fourth-order valence-electron chi connectivity index (χ4n) is 3.81. The number of nitrogen functional groups attached to an aromatic ring is 1. The van der Waals surface area contributed by atoms with E-state index in [1.54, 1.807) is 4.57 Å². The molecule has 0 bridgehead atoms. The average molecular weight is 512 g/mol. The summed E-state index contributed by atoms with van der Waals surface area (Å²) in [6, 6.07) is 9.49. The minimum atomic E-state index is -4.67. The summed E-state index contributed by atoms with van der Waals surface area (Å²) in [5.41, 5.74) is 13.3. The molecule has 192 valence electrons. The van der Waals surface area contributed by atoms with Crippen LogP contribution >= 0.6 is 0 Å². The first-order valence-corrected chi connectivity index (χ1v) is 12.0. The lowest BCUT2D eigenvalue weighted by atomic mass is 10.1. The highest BCUT2D eigenvalue weighted by Gasteiger charge is 2.45. The van der Waals surface area contributed by atoms with E-state index in [9.17, 15) is 10.2 Å². The highest BCUT2D eigenvalue weighted by Crippen LogP contribution is 2.36. The molecule has 15 heteroatoms. The third-order valence-electron chi connectivity index (χ3n) is 5.36. The molecule has 4 rings (SSSR count). The fourth-order valence-corrected chi connectivity index (χ4v) is 3.81. The van der Waals surface area contributed by atoms with Crippen molar-refractivity contribution in [2.45, 2.75) is 31.0 Å². The summed E-state index contributed by atoms with van der Waals surface area (Å²) in [5, 5.41) is 21.5. The Morgan fingerprint density at radius 1 is 1.14 bits per heavy atom. The lowest BCUT2D eigenvalue weighted by Crippen LogP contribution is -2.39. The molecule has 0 unspecified atom stereocenters. The van der Waals surface area contributed by atoms with Gasteiger partial charge >= 0.3 is 10.4 Å². The van der Waals surface area contributed by atoms with Gasteiger partial charge in [0.15, 0.2) is 23.2 Å². The Morgan fingerprint density at radius 2 is 1.80 bits per heavy atom. The van der Waals surface area contributed by atoms with Crippen LogP contribution in [0.5, 0.6) is 0 Å². The number of rotatable bonds is 7. The number of nitrogens with zero attached hydrogens (tertiary/aromatic N) is 5. The van der Waals surface area contributed by atoms with Gasteiger partial charge in [-0.1, -0.05) is 30.3 Å². The number of aromatic nitrogens is 4. The van der Waals surface area contributed by atoms with Gasteiger partial charge in [-0.05, 0) is 26.6 Å². The molecule has 1 aliphatic heterocycles. The van der Waals surface area contributed by atoms with Crippen LogP contribution in [-0.4, -0.2) is 97.1 Å². The summed E-state index contributed by atoms with van der Waals surface area (Å²) in [7, 11) is -2.73. The zero-order valence-corrected chi connectivity index (χ0v) is 19.7. The van der Waals surface area contributed by atoms with Crippen molar-refractivity contribution < 1.29 is 32.5 Å². The number of imidazole rings is 1. The third-order valence-corrected chi connectivity index (χ3v) is 5.36. The average Bonchev–Trinajstić information content (AvgIpc) is 3.31. The summed E-state index contributed by atoms with van der Waals surface area (Å²) in [5.74, 6) is 0.772. The van der Waals surface area contributed by atoms with Crippen molar-refractivity contribution in [2.75, 3.05) is 32.4 Å². The molecule has 1 aromatic carbocycles. The number of aliphatic hydroxyl groups excluding tert-OH is 2. The van der Waals surface area contributed by atoms with Crippen LogP contribution < -0.4 is 11.5 Å². The molecule has 0 saturated carbocycles. The zero-order chi connectivity index (χ0) is 25.8. The van der Waals surface area contributed by atoms with Gasteiger partial charge in [0.25, 0.3) is 0 Å². The standard InChI is InChI=1S/C20H27N7O3.H2O4S/c1-26(9-5-8-21)10-13-15(28)16(29)20(30-13)27-18(12-6-3-2-4-7-12)25-14-17(22)23-11-24-19(14)27;1-5(2,3)4/h2-4,6-7,11,13,15-16,20,28-29H,5,8-10,21H2,1H3,(H2,22,23,24);(H2,1,2,3,4)/t13-,15-,16-,20-;/m1./s1. The minimum Gasteiger partial charge on any atom is -0.387 e. The van der Waals surface area contributed by atoms with E-state index in [2.05, 4.69) is 15.0 Å². The summed E-state index contributed by atoms with van der Waals surface area (Å²) in [4.78, 5) is 15.0. The Hall–Kier alpha value is -2.76. The van der Waals surface area contributed by atoms with Crippen LogP contribution in [0.3, 0.4) is 0 Å². The van der Waals surface area contributed by atoms with E-state index in [0.717, 1.165) is 18.5 Å². The molecule has 0 spiro atoms. The van der Waals surface area contributed by atoms with Crippen molar-refractivity contribution in [2.24, 2.45) is 5.73 Å². The molecule has 8 N–H and O–H groups in total. The molecule has 3 heterocycles. The highest BCUT2D eigenvalue weighted by molar-refractivity contribution is 7.79. The van der Waals surface area contributed by atoms with Gasteiger partial charge in [0, 0.05) is 12.1 Å². The van der Waals surface area contributed by atoms with Crippen LogP contribution in [0, 0.1) is 0 Å². The Labute approximate surface area is 201 Å². The molecule has 1 fully saturated rings. The van der Waals surface area contributed by atoms with Gasteiger partial charge in [-0.2, -0.15) is 8.42 Å². The summed E-state index contributed by atoms with van der Waals surface area (Å²) in [6.45, 7) is 1.82. The van der Waals surface area contributed by atoms with Crippen LogP contribution in [0.2, 0.25) is 0 Å². The molecular formula is C20H29N7O7S. The second-order valence-electron chi connectivity index (χ2n) is 8.00. The van der Waals surface area contributed by atoms with E-state index in [-0.39, 0.29) is 5.82 Å². The van der Waals surface area contributed by atoms with Crippen molar-refractivity contribution >= 4 is 27.4 Å². The summed E-state index contributed by atoms with van der Waals surface area (Å²) < 4.78 is 39.4. The number of aliphatic hydroxyl groups is 2. The lowest BCUT2D eigenvalue weighted by molar-refractivity contribution is -0.0412. The predicted molar refractivity (Wildman–Crippen MR) is 126 cm³/mol. The van der Waals surface area contributed by atoms with Crippen molar-refractivity contribution in [3.63, 3.8) is 0 Å². The largest absolute Gasteiger partial charge is 0.394 e. The molecule has 35 heavy (non-hydrogen) atoms. The number of likely N-dealkylation sites (N-methyl/N-ethyl adjacent to an activating group) is 1. The number of hydrogen-bond donors (Lipinski definition) is 6. The van der Waals surface area contributed by atoms with E-state index < -0.39 is 34.9 Å². The smallest absolute Gasteiger partial charge is 0.387 e. The second-order valence-corrected chi connectivity index (χ2v) is 8.90. The van der Waals surface area contributed by atoms with Gasteiger partial charge in [0.2, 0.25) is 0 Å². The van der Waals surface area contributed by atoms with Crippen molar-refractivity contribution in [3.05, 3.63) is 36.7 Å². The lowest BCUT2D eigenvalue weighted by Gasteiger charge is -2.22. The quantitative estimate of drug-likeness (QED) is 0.217. The zero-order valence-electron chi connectivity index (χ0n) is 18.9. The summed E-state index contributed by atoms with van der Waals surface area (Å²) >= 11 is 0. The first-order chi connectivity index (χ1) is 16.5. The van der Waals surface area contributed by atoms with Crippen LogP contribution in [0.15, 0.2) is 36.7 Å². The molecule has 0 radical (unpaired) electrons. The molecule has 1 aliphatic rings. The van der Waals surface area contributed by atoms with E-state index >= 15 is 0 Å². The minimum absolute atomic E-state index is 0.238. The molecule has 0 aliphatic carbocycles. The highest BCUT2D eigenvalue weighted by atomic mass is 32.3. The number of hydrogen-bond acceptors (Lipinski definition) is 11. The first kappa shape index (κ1) is 26.8. The van der Waals surface area contributed by atoms with Crippen molar-refractivity contribution in [1.29, 1.82) is 0 Å². The predicted octanol–water partition coefficient (Wildman–Crippen LogP) is -0.677. The Kier molecular flexibility index (Phi) is 8.68. The van der Waals surface area contributed by atoms with Crippen LogP contribution in [0.25, 0.3) is 22.6 Å². The molecule has 4 atom stereocenters. The molecule has 14 nitrogen and oxygen atoms in total. The van der Waals surface area contributed by atoms with Crippen molar-refractivity contribution in [1.82, 2.24) is 24.4 Å². The van der Waals surface area contributed by atoms with Gasteiger partial charge in [0.05, 0.1) is 0 Å². The monoisotopic (exact) mass is 511 g/mol. The van der Waals surface area contributed by atoms with E-state index in [1.165, 1.54) is 6.33 Å². The molecule has 3 aromatic rings. The number of benzene rings is 1. The molecule has 0 amide bonds. The third kappa shape index (κ3) is 6.68. The van der Waals surface area contributed by atoms with Gasteiger partial charge in [-0.25, -0.2) is 15.0 Å². The summed E-state index contributed by atoms with van der Waals surface area (Å²) in [6.07, 6.45) is -1.48. The van der Waals surface area contributed by atoms with E-state index in [4.69, 9.17) is 33.7 Å². The second kappa shape index (κ2) is 11.3. The Bertz CT molecular complexity index is 1220. The van der Waals surface area contributed by atoms with Gasteiger partial charge in [0.1, 0.15) is 30.5 Å². The molecular weight excluding hydrogens is 482 g/mol. The van der Waals surface area contributed by atoms with Gasteiger partial charge in [-0.3, -0.25) is 13.7 Å². The number of nitrogens with two attached hydrogens (primary N) is 2. The van der Waals surface area contributed by atoms with E-state index in [1.807, 2.05) is 42.3 Å². The number of fused-ring (bicyclic) bond motifs is 1. The Morgan fingerprint density at radius 3 is 2.43 bits per heavy atom. The topological polar surface area (TPSA) is 223 Å². The van der Waals surface area contributed by atoms with Crippen LogP contribution in [0.1, 0.15) is 12.6 Å². The number of ether oxygens (including phenoxy) is 1. The fraction of sp³-hybridized carbons (Fsp3) is 0.450. The van der Waals surface area contributed by atoms with Crippen molar-refractivity contribution in [3.8, 4) is 11.4 Å². The van der Waals surface area contributed by atoms with Gasteiger partial charge in [-0.15, -0.1) is 0 Å².